The van der Waals surface area contributed by atoms with Gasteiger partial charge in [-0.3, -0.25) is 0 Å². The van der Waals surface area contributed by atoms with Crippen molar-refractivity contribution in [2.45, 2.75) is 58.4 Å². The molecule has 0 aromatic heterocycles. The topological polar surface area (TPSA) is 15.3 Å². The maximum Gasteiger partial charge on any atom is 0.0107 e. The standard InChI is InChI=1S/C15H32N2/c1-5-11-16-15(10-12-17(3)4)14-8-6-13(2)7-9-14/h13-16H,5-12H2,1-4H3. The Balaban J connectivity index is 2.37. The maximum absolute atomic E-state index is 3.78. The van der Waals surface area contributed by atoms with E-state index in [0.29, 0.717) is 0 Å². The van der Waals surface area contributed by atoms with Crippen molar-refractivity contribution in [2.24, 2.45) is 11.8 Å². The van der Waals surface area contributed by atoms with Crippen LogP contribution in [0.4, 0.5) is 0 Å². The third kappa shape index (κ3) is 5.87. The van der Waals surface area contributed by atoms with E-state index in [1.807, 2.05) is 0 Å². The zero-order chi connectivity index (χ0) is 12.7. The zero-order valence-electron chi connectivity index (χ0n) is 12.3. The van der Waals surface area contributed by atoms with Gasteiger partial charge in [0.1, 0.15) is 0 Å². The van der Waals surface area contributed by atoms with E-state index < -0.39 is 0 Å². The number of nitrogens with zero attached hydrogens (tertiary/aromatic N) is 1. The molecule has 0 bridgehead atoms. The minimum absolute atomic E-state index is 0.754. The van der Waals surface area contributed by atoms with Crippen LogP contribution in [-0.2, 0) is 0 Å². The molecule has 1 aliphatic carbocycles. The molecule has 0 aliphatic heterocycles. The summed E-state index contributed by atoms with van der Waals surface area (Å²) in [6.07, 6.45) is 8.33. The molecule has 1 rings (SSSR count). The third-order valence-corrected chi connectivity index (χ3v) is 4.17. The largest absolute Gasteiger partial charge is 0.314 e. The predicted molar refractivity (Wildman–Crippen MR) is 76.4 cm³/mol. The molecule has 1 fully saturated rings. The minimum atomic E-state index is 0.754. The summed E-state index contributed by atoms with van der Waals surface area (Å²) in [5.41, 5.74) is 0. The van der Waals surface area contributed by atoms with Crippen molar-refractivity contribution in [2.75, 3.05) is 27.2 Å². The SMILES string of the molecule is CCCNC(CCN(C)C)C1CCC(C)CC1. The van der Waals surface area contributed by atoms with Crippen LogP contribution in [0.15, 0.2) is 0 Å². The van der Waals surface area contributed by atoms with Gasteiger partial charge in [-0.05, 0) is 64.7 Å². The number of nitrogens with one attached hydrogen (secondary N) is 1. The van der Waals surface area contributed by atoms with Crippen LogP contribution in [0, 0.1) is 11.8 Å². The molecule has 1 aliphatic rings. The Morgan fingerprint density at radius 3 is 2.35 bits per heavy atom. The van der Waals surface area contributed by atoms with Gasteiger partial charge in [0.05, 0.1) is 0 Å². The van der Waals surface area contributed by atoms with E-state index in [1.165, 1.54) is 51.6 Å². The highest BCUT2D eigenvalue weighted by molar-refractivity contribution is 4.81. The molecule has 0 amide bonds. The monoisotopic (exact) mass is 240 g/mol. The lowest BCUT2D eigenvalue weighted by atomic mass is 9.78. The van der Waals surface area contributed by atoms with Gasteiger partial charge < -0.3 is 10.2 Å². The Morgan fingerprint density at radius 2 is 1.82 bits per heavy atom. The van der Waals surface area contributed by atoms with E-state index in [9.17, 15) is 0 Å². The fourth-order valence-electron chi connectivity index (χ4n) is 2.92. The van der Waals surface area contributed by atoms with Crippen LogP contribution in [0.1, 0.15) is 52.4 Å². The van der Waals surface area contributed by atoms with Crippen molar-refractivity contribution < 1.29 is 0 Å². The molecule has 1 atom stereocenters. The molecule has 0 radical (unpaired) electrons. The van der Waals surface area contributed by atoms with Crippen molar-refractivity contribution in [3.8, 4) is 0 Å². The molecule has 2 nitrogen and oxygen atoms in total. The Kier molecular flexibility index (Phi) is 7.14. The lowest BCUT2D eigenvalue weighted by molar-refractivity contribution is 0.211. The van der Waals surface area contributed by atoms with Gasteiger partial charge in [-0.1, -0.05) is 26.7 Å². The summed E-state index contributed by atoms with van der Waals surface area (Å²) in [5.74, 6) is 1.89. The van der Waals surface area contributed by atoms with Crippen molar-refractivity contribution in [1.29, 1.82) is 0 Å². The zero-order valence-corrected chi connectivity index (χ0v) is 12.3. The van der Waals surface area contributed by atoms with Crippen LogP contribution >= 0.6 is 0 Å². The predicted octanol–water partition coefficient (Wildman–Crippen LogP) is 3.13. The van der Waals surface area contributed by atoms with Crippen molar-refractivity contribution in [3.05, 3.63) is 0 Å². The van der Waals surface area contributed by atoms with E-state index in [4.69, 9.17) is 0 Å². The maximum atomic E-state index is 3.78. The highest BCUT2D eigenvalue weighted by atomic mass is 15.1. The molecule has 1 saturated carbocycles. The first kappa shape index (κ1) is 15.0. The van der Waals surface area contributed by atoms with Gasteiger partial charge >= 0.3 is 0 Å². The highest BCUT2D eigenvalue weighted by Gasteiger charge is 2.25. The molecule has 0 saturated heterocycles. The first-order valence-electron chi connectivity index (χ1n) is 7.51. The Bertz CT molecular complexity index is 183. The van der Waals surface area contributed by atoms with E-state index in [2.05, 4.69) is 38.2 Å². The van der Waals surface area contributed by atoms with Crippen LogP contribution in [0.3, 0.4) is 0 Å². The fourth-order valence-corrected chi connectivity index (χ4v) is 2.92. The Morgan fingerprint density at radius 1 is 1.18 bits per heavy atom. The number of hydrogen-bond acceptors (Lipinski definition) is 2. The lowest BCUT2D eigenvalue weighted by Crippen LogP contribution is -2.40. The second kappa shape index (κ2) is 8.10. The molecule has 0 aromatic rings. The molecule has 1 unspecified atom stereocenters. The van der Waals surface area contributed by atoms with Gasteiger partial charge in [-0.25, -0.2) is 0 Å². The fraction of sp³-hybridized carbons (Fsp3) is 1.00. The summed E-state index contributed by atoms with van der Waals surface area (Å²) >= 11 is 0. The molecule has 0 aromatic carbocycles. The molecular weight excluding hydrogens is 208 g/mol. The van der Waals surface area contributed by atoms with E-state index in [0.717, 1.165) is 17.9 Å². The van der Waals surface area contributed by atoms with Gasteiger partial charge in [0, 0.05) is 6.04 Å². The van der Waals surface area contributed by atoms with Crippen molar-refractivity contribution >= 4 is 0 Å². The molecule has 1 N–H and O–H groups in total. The summed E-state index contributed by atoms with van der Waals surface area (Å²) in [6.45, 7) is 7.07. The first-order valence-corrected chi connectivity index (χ1v) is 7.51. The summed E-state index contributed by atoms with van der Waals surface area (Å²) in [6, 6.07) is 0.754. The van der Waals surface area contributed by atoms with E-state index >= 15 is 0 Å². The van der Waals surface area contributed by atoms with Crippen LogP contribution in [0.2, 0.25) is 0 Å². The first-order chi connectivity index (χ1) is 8.13. The molecule has 17 heavy (non-hydrogen) atoms. The van der Waals surface area contributed by atoms with Crippen LogP contribution in [-0.4, -0.2) is 38.1 Å². The second-order valence-corrected chi connectivity index (χ2v) is 6.17. The van der Waals surface area contributed by atoms with Crippen LogP contribution in [0.25, 0.3) is 0 Å². The Hall–Kier alpha value is -0.0800. The lowest BCUT2D eigenvalue weighted by Gasteiger charge is -2.34. The van der Waals surface area contributed by atoms with Gasteiger partial charge in [0.25, 0.3) is 0 Å². The van der Waals surface area contributed by atoms with Crippen LogP contribution < -0.4 is 5.32 Å². The van der Waals surface area contributed by atoms with Crippen LogP contribution in [0.5, 0.6) is 0 Å². The normalized spacial score (nSPS) is 27.4. The van der Waals surface area contributed by atoms with Crippen molar-refractivity contribution in [1.82, 2.24) is 10.2 Å². The second-order valence-electron chi connectivity index (χ2n) is 6.17. The smallest absolute Gasteiger partial charge is 0.0107 e. The summed E-state index contributed by atoms with van der Waals surface area (Å²) < 4.78 is 0. The molecule has 2 heteroatoms. The summed E-state index contributed by atoms with van der Waals surface area (Å²) in [5, 5.41) is 3.78. The van der Waals surface area contributed by atoms with Gasteiger partial charge in [0.15, 0.2) is 0 Å². The highest BCUT2D eigenvalue weighted by Crippen LogP contribution is 2.31. The number of rotatable bonds is 7. The van der Waals surface area contributed by atoms with E-state index in [-0.39, 0.29) is 0 Å². The van der Waals surface area contributed by atoms with Gasteiger partial charge in [0.2, 0.25) is 0 Å². The summed E-state index contributed by atoms with van der Waals surface area (Å²) in [4.78, 5) is 2.31. The number of hydrogen-bond donors (Lipinski definition) is 1. The van der Waals surface area contributed by atoms with E-state index in [1.54, 1.807) is 0 Å². The summed E-state index contributed by atoms with van der Waals surface area (Å²) in [7, 11) is 4.36. The molecule has 0 heterocycles. The van der Waals surface area contributed by atoms with Crippen molar-refractivity contribution in [3.63, 3.8) is 0 Å². The average molecular weight is 240 g/mol. The third-order valence-electron chi connectivity index (χ3n) is 4.17. The molecule has 102 valence electrons. The van der Waals surface area contributed by atoms with Gasteiger partial charge in [-0.2, -0.15) is 0 Å². The average Bonchev–Trinajstić information content (AvgIpc) is 2.30. The molecule has 0 spiro atoms. The van der Waals surface area contributed by atoms with Gasteiger partial charge in [-0.15, -0.1) is 0 Å². The quantitative estimate of drug-likeness (QED) is 0.735. The Labute approximate surface area is 108 Å². The molecular formula is C15H32N2. The minimum Gasteiger partial charge on any atom is -0.314 e.